The Morgan fingerprint density at radius 1 is 1.05 bits per heavy atom. The standard InChI is InChI=1S/C14H17N3O3/c15-12(18)10-6-2-3-7-11(10)16-13(19)14(20)17-8-4-1-5-9-17/h2-3,6-7H,1,4-5,8-9H2,(H2,15,18)(H,16,19). The van der Waals surface area contributed by atoms with Gasteiger partial charge in [0, 0.05) is 13.1 Å². The summed E-state index contributed by atoms with van der Waals surface area (Å²) in [4.78, 5) is 36.7. The fraction of sp³-hybridized carbons (Fsp3) is 0.357. The van der Waals surface area contributed by atoms with Crippen LogP contribution in [0.3, 0.4) is 0 Å². The van der Waals surface area contributed by atoms with E-state index in [1.165, 1.54) is 11.0 Å². The molecule has 0 atom stereocenters. The van der Waals surface area contributed by atoms with E-state index in [-0.39, 0.29) is 11.3 Å². The van der Waals surface area contributed by atoms with Crippen LogP contribution in [0.15, 0.2) is 24.3 Å². The van der Waals surface area contributed by atoms with Crippen molar-refractivity contribution in [1.29, 1.82) is 0 Å². The number of carbonyl (C=O) groups excluding carboxylic acids is 3. The van der Waals surface area contributed by atoms with Gasteiger partial charge < -0.3 is 16.0 Å². The van der Waals surface area contributed by atoms with E-state index in [1.54, 1.807) is 18.2 Å². The van der Waals surface area contributed by atoms with Gasteiger partial charge in [-0.05, 0) is 31.4 Å². The van der Waals surface area contributed by atoms with Gasteiger partial charge in [-0.3, -0.25) is 14.4 Å². The van der Waals surface area contributed by atoms with Crippen molar-refractivity contribution in [3.05, 3.63) is 29.8 Å². The summed E-state index contributed by atoms with van der Waals surface area (Å²) in [5.74, 6) is -1.95. The Balaban J connectivity index is 2.07. The molecular weight excluding hydrogens is 258 g/mol. The summed E-state index contributed by atoms with van der Waals surface area (Å²) in [5.41, 5.74) is 5.67. The van der Waals surface area contributed by atoms with Crippen LogP contribution < -0.4 is 11.1 Å². The van der Waals surface area contributed by atoms with E-state index in [0.29, 0.717) is 13.1 Å². The molecule has 1 aliphatic rings. The smallest absolute Gasteiger partial charge is 0.313 e. The molecule has 6 nitrogen and oxygen atoms in total. The molecule has 0 saturated carbocycles. The highest BCUT2D eigenvalue weighted by Gasteiger charge is 2.24. The van der Waals surface area contributed by atoms with Crippen molar-refractivity contribution in [2.24, 2.45) is 5.73 Å². The predicted molar refractivity (Wildman–Crippen MR) is 74.0 cm³/mol. The zero-order chi connectivity index (χ0) is 14.5. The van der Waals surface area contributed by atoms with E-state index in [2.05, 4.69) is 5.32 Å². The van der Waals surface area contributed by atoms with E-state index in [9.17, 15) is 14.4 Å². The van der Waals surface area contributed by atoms with Crippen LogP contribution in [0.1, 0.15) is 29.6 Å². The van der Waals surface area contributed by atoms with E-state index < -0.39 is 17.7 Å². The molecule has 1 saturated heterocycles. The second-order valence-corrected chi connectivity index (χ2v) is 4.72. The van der Waals surface area contributed by atoms with Gasteiger partial charge in [0.2, 0.25) is 0 Å². The first-order valence-electron chi connectivity index (χ1n) is 6.58. The Bertz CT molecular complexity index is 536. The van der Waals surface area contributed by atoms with Crippen molar-refractivity contribution in [2.45, 2.75) is 19.3 Å². The molecule has 0 aromatic heterocycles. The quantitative estimate of drug-likeness (QED) is 0.779. The van der Waals surface area contributed by atoms with Crippen molar-refractivity contribution in [1.82, 2.24) is 4.90 Å². The van der Waals surface area contributed by atoms with Gasteiger partial charge in [-0.2, -0.15) is 0 Å². The van der Waals surface area contributed by atoms with Crippen LogP contribution in [-0.2, 0) is 9.59 Å². The van der Waals surface area contributed by atoms with Crippen LogP contribution in [-0.4, -0.2) is 35.7 Å². The molecule has 0 aliphatic carbocycles. The third-order valence-electron chi connectivity index (χ3n) is 3.28. The van der Waals surface area contributed by atoms with Crippen molar-refractivity contribution >= 4 is 23.4 Å². The highest BCUT2D eigenvalue weighted by molar-refractivity contribution is 6.39. The minimum atomic E-state index is -0.736. The molecule has 1 heterocycles. The highest BCUT2D eigenvalue weighted by atomic mass is 16.2. The predicted octanol–water partition coefficient (Wildman–Crippen LogP) is 0.736. The molecule has 0 spiro atoms. The minimum absolute atomic E-state index is 0.187. The summed E-state index contributed by atoms with van der Waals surface area (Å²) in [6.45, 7) is 1.20. The Hall–Kier alpha value is -2.37. The molecule has 1 aromatic carbocycles. The monoisotopic (exact) mass is 275 g/mol. The van der Waals surface area contributed by atoms with Crippen molar-refractivity contribution < 1.29 is 14.4 Å². The van der Waals surface area contributed by atoms with E-state index in [4.69, 9.17) is 5.73 Å². The number of hydrogen-bond acceptors (Lipinski definition) is 3. The second kappa shape index (κ2) is 6.18. The number of anilines is 1. The maximum absolute atomic E-state index is 12.0. The number of nitrogens with zero attached hydrogens (tertiary/aromatic N) is 1. The Kier molecular flexibility index (Phi) is 4.34. The Labute approximate surface area is 116 Å². The third kappa shape index (κ3) is 3.14. The number of carbonyl (C=O) groups is 3. The Morgan fingerprint density at radius 2 is 1.70 bits per heavy atom. The zero-order valence-electron chi connectivity index (χ0n) is 11.1. The van der Waals surface area contributed by atoms with Gasteiger partial charge in [-0.25, -0.2) is 0 Å². The van der Waals surface area contributed by atoms with Gasteiger partial charge in [0.25, 0.3) is 5.91 Å². The highest BCUT2D eigenvalue weighted by Crippen LogP contribution is 2.15. The number of nitrogens with one attached hydrogen (secondary N) is 1. The molecule has 3 amide bonds. The van der Waals surface area contributed by atoms with E-state index in [0.717, 1.165) is 19.3 Å². The first-order chi connectivity index (χ1) is 9.59. The number of likely N-dealkylation sites (tertiary alicyclic amines) is 1. The van der Waals surface area contributed by atoms with Crippen molar-refractivity contribution in [2.75, 3.05) is 18.4 Å². The largest absolute Gasteiger partial charge is 0.366 e. The number of hydrogen-bond donors (Lipinski definition) is 2. The lowest BCUT2D eigenvalue weighted by atomic mass is 10.1. The van der Waals surface area contributed by atoms with Gasteiger partial charge in [0.1, 0.15) is 0 Å². The topological polar surface area (TPSA) is 92.5 Å². The molecule has 106 valence electrons. The molecule has 6 heteroatoms. The van der Waals surface area contributed by atoms with Gasteiger partial charge in [0.15, 0.2) is 0 Å². The van der Waals surface area contributed by atoms with Gasteiger partial charge in [-0.15, -0.1) is 0 Å². The summed E-state index contributed by atoms with van der Waals surface area (Å²) < 4.78 is 0. The summed E-state index contributed by atoms with van der Waals surface area (Å²) in [5, 5.41) is 2.46. The minimum Gasteiger partial charge on any atom is -0.366 e. The zero-order valence-corrected chi connectivity index (χ0v) is 11.1. The Morgan fingerprint density at radius 3 is 2.35 bits per heavy atom. The molecule has 3 N–H and O–H groups in total. The number of primary amides is 1. The van der Waals surface area contributed by atoms with Gasteiger partial charge >= 0.3 is 11.8 Å². The fourth-order valence-electron chi connectivity index (χ4n) is 2.22. The van der Waals surface area contributed by atoms with E-state index in [1.807, 2.05) is 0 Å². The average molecular weight is 275 g/mol. The summed E-state index contributed by atoms with van der Waals surface area (Å²) >= 11 is 0. The molecule has 1 fully saturated rings. The van der Waals surface area contributed by atoms with E-state index >= 15 is 0 Å². The lowest BCUT2D eigenvalue weighted by Gasteiger charge is -2.26. The third-order valence-corrected chi connectivity index (χ3v) is 3.28. The second-order valence-electron chi connectivity index (χ2n) is 4.72. The molecule has 1 aliphatic heterocycles. The molecule has 0 bridgehead atoms. The van der Waals surface area contributed by atoms with Crippen LogP contribution in [0.5, 0.6) is 0 Å². The first-order valence-corrected chi connectivity index (χ1v) is 6.58. The summed E-state index contributed by atoms with van der Waals surface area (Å²) in [6, 6.07) is 6.35. The average Bonchev–Trinajstić information content (AvgIpc) is 2.47. The molecule has 20 heavy (non-hydrogen) atoms. The molecule has 0 radical (unpaired) electrons. The number of benzene rings is 1. The number of piperidine rings is 1. The lowest BCUT2D eigenvalue weighted by Crippen LogP contribution is -2.42. The molecule has 0 unspecified atom stereocenters. The van der Waals surface area contributed by atoms with Crippen molar-refractivity contribution in [3.8, 4) is 0 Å². The van der Waals surface area contributed by atoms with Gasteiger partial charge in [0.05, 0.1) is 11.3 Å². The van der Waals surface area contributed by atoms with Crippen molar-refractivity contribution in [3.63, 3.8) is 0 Å². The summed E-state index contributed by atoms with van der Waals surface area (Å²) in [6.07, 6.45) is 2.91. The number of nitrogens with two attached hydrogens (primary N) is 1. The van der Waals surface area contributed by atoms with Gasteiger partial charge in [-0.1, -0.05) is 12.1 Å². The summed E-state index contributed by atoms with van der Waals surface area (Å²) in [7, 11) is 0. The van der Waals surface area contributed by atoms with Crippen LogP contribution >= 0.6 is 0 Å². The maximum Gasteiger partial charge on any atom is 0.313 e. The van der Waals surface area contributed by atoms with Crippen LogP contribution in [0.2, 0.25) is 0 Å². The number of amides is 3. The first kappa shape index (κ1) is 14.0. The fourth-order valence-corrected chi connectivity index (χ4v) is 2.22. The van der Waals surface area contributed by atoms with Crippen LogP contribution in [0.25, 0.3) is 0 Å². The van der Waals surface area contributed by atoms with Crippen LogP contribution in [0.4, 0.5) is 5.69 Å². The maximum atomic E-state index is 12.0. The normalized spacial score (nSPS) is 14.7. The number of rotatable bonds is 2. The number of para-hydroxylation sites is 1. The lowest BCUT2D eigenvalue weighted by molar-refractivity contribution is -0.143. The molecule has 1 aromatic rings. The SMILES string of the molecule is NC(=O)c1ccccc1NC(=O)C(=O)N1CCCCC1. The molecular formula is C14H17N3O3. The molecule has 2 rings (SSSR count). The van der Waals surface area contributed by atoms with Crippen LogP contribution in [0, 0.1) is 0 Å².